The molecule has 1 rings (SSSR count). The second kappa shape index (κ2) is 7.58. The van der Waals surface area contributed by atoms with Gasteiger partial charge in [-0.1, -0.05) is 19.8 Å². The van der Waals surface area contributed by atoms with E-state index in [4.69, 9.17) is 14.6 Å². The molecule has 0 saturated heterocycles. The Balaban J connectivity index is 2.73. The molecule has 0 amide bonds. The quantitative estimate of drug-likeness (QED) is 0.721. The fourth-order valence-electron chi connectivity index (χ4n) is 1.56. The molecule has 0 radical (unpaired) electrons. The lowest BCUT2D eigenvalue weighted by atomic mass is 10.2. The highest BCUT2D eigenvalue weighted by Crippen LogP contribution is 2.28. The Morgan fingerprint density at radius 2 is 1.94 bits per heavy atom. The zero-order chi connectivity index (χ0) is 13.4. The highest BCUT2D eigenvalue weighted by Gasteiger charge is 2.10. The van der Waals surface area contributed by atoms with Crippen molar-refractivity contribution in [2.24, 2.45) is 0 Å². The SMILES string of the molecule is CCCCCOc1ccc(C(=O)O)cc1OCC. The van der Waals surface area contributed by atoms with Crippen molar-refractivity contribution in [2.45, 2.75) is 33.1 Å². The fraction of sp³-hybridized carbons (Fsp3) is 0.500. The number of carbonyl (C=O) groups is 1. The highest BCUT2D eigenvalue weighted by molar-refractivity contribution is 5.88. The van der Waals surface area contributed by atoms with Crippen molar-refractivity contribution >= 4 is 5.97 Å². The van der Waals surface area contributed by atoms with Crippen molar-refractivity contribution in [3.63, 3.8) is 0 Å². The summed E-state index contributed by atoms with van der Waals surface area (Å²) in [6, 6.07) is 4.68. The molecule has 0 aliphatic carbocycles. The largest absolute Gasteiger partial charge is 0.490 e. The average Bonchev–Trinajstić information content (AvgIpc) is 2.36. The molecule has 0 bridgehead atoms. The summed E-state index contributed by atoms with van der Waals surface area (Å²) in [4.78, 5) is 10.9. The molecule has 0 aliphatic rings. The number of hydrogen-bond donors (Lipinski definition) is 1. The molecule has 4 nitrogen and oxygen atoms in total. The molecule has 0 aliphatic heterocycles. The monoisotopic (exact) mass is 252 g/mol. The van der Waals surface area contributed by atoms with Crippen LogP contribution in [0.15, 0.2) is 18.2 Å². The molecule has 0 aromatic heterocycles. The van der Waals surface area contributed by atoms with Gasteiger partial charge in [-0.2, -0.15) is 0 Å². The third kappa shape index (κ3) is 4.28. The van der Waals surface area contributed by atoms with Crippen LogP contribution in [0.25, 0.3) is 0 Å². The molecule has 18 heavy (non-hydrogen) atoms. The maximum atomic E-state index is 10.9. The number of unbranched alkanes of at least 4 members (excludes halogenated alkanes) is 2. The summed E-state index contributed by atoms with van der Waals surface area (Å²) in [5.74, 6) is 0.139. The molecule has 0 atom stereocenters. The second-order valence-corrected chi connectivity index (χ2v) is 3.96. The predicted molar refractivity (Wildman–Crippen MR) is 69.6 cm³/mol. The number of hydrogen-bond acceptors (Lipinski definition) is 3. The zero-order valence-corrected chi connectivity index (χ0v) is 10.9. The number of ether oxygens (including phenoxy) is 2. The van der Waals surface area contributed by atoms with E-state index in [0.29, 0.717) is 24.7 Å². The normalized spacial score (nSPS) is 10.1. The minimum absolute atomic E-state index is 0.208. The topological polar surface area (TPSA) is 55.8 Å². The molecular formula is C14H20O4. The first-order valence-electron chi connectivity index (χ1n) is 6.32. The van der Waals surface area contributed by atoms with Gasteiger partial charge >= 0.3 is 5.97 Å². The summed E-state index contributed by atoms with van der Waals surface area (Å²) < 4.78 is 11.0. The van der Waals surface area contributed by atoms with Gasteiger partial charge in [0.15, 0.2) is 11.5 Å². The van der Waals surface area contributed by atoms with Crippen LogP contribution >= 0.6 is 0 Å². The first-order chi connectivity index (χ1) is 8.69. The molecule has 1 N–H and O–H groups in total. The highest BCUT2D eigenvalue weighted by atomic mass is 16.5. The van der Waals surface area contributed by atoms with Crippen LogP contribution in [-0.2, 0) is 0 Å². The van der Waals surface area contributed by atoms with E-state index in [1.807, 2.05) is 6.92 Å². The van der Waals surface area contributed by atoms with Crippen LogP contribution < -0.4 is 9.47 Å². The summed E-state index contributed by atoms with van der Waals surface area (Å²) in [6.07, 6.45) is 3.25. The third-order valence-corrected chi connectivity index (χ3v) is 2.50. The van der Waals surface area contributed by atoms with Gasteiger partial charge in [0.25, 0.3) is 0 Å². The molecule has 0 unspecified atom stereocenters. The van der Waals surface area contributed by atoms with Gasteiger partial charge in [-0.15, -0.1) is 0 Å². The van der Waals surface area contributed by atoms with Crippen LogP contribution in [0.4, 0.5) is 0 Å². The van der Waals surface area contributed by atoms with Gasteiger partial charge in [0.1, 0.15) is 0 Å². The van der Waals surface area contributed by atoms with Crippen molar-refractivity contribution in [1.29, 1.82) is 0 Å². The van der Waals surface area contributed by atoms with Crippen molar-refractivity contribution in [3.8, 4) is 11.5 Å². The molecule has 0 heterocycles. The number of benzene rings is 1. The summed E-state index contributed by atoms with van der Waals surface area (Å²) in [7, 11) is 0. The van der Waals surface area contributed by atoms with Gasteiger partial charge in [0, 0.05) is 0 Å². The minimum Gasteiger partial charge on any atom is -0.490 e. The molecule has 0 fully saturated rings. The molecule has 1 aromatic rings. The van der Waals surface area contributed by atoms with Crippen molar-refractivity contribution in [1.82, 2.24) is 0 Å². The van der Waals surface area contributed by atoms with Gasteiger partial charge in [-0.3, -0.25) is 0 Å². The van der Waals surface area contributed by atoms with Crippen LogP contribution in [0.5, 0.6) is 11.5 Å². The maximum absolute atomic E-state index is 10.9. The van der Waals surface area contributed by atoms with E-state index >= 15 is 0 Å². The van der Waals surface area contributed by atoms with Gasteiger partial charge in [0.05, 0.1) is 18.8 Å². The smallest absolute Gasteiger partial charge is 0.335 e. The Morgan fingerprint density at radius 1 is 1.17 bits per heavy atom. The molecule has 0 saturated carbocycles. The van der Waals surface area contributed by atoms with Crippen LogP contribution in [0.1, 0.15) is 43.5 Å². The second-order valence-electron chi connectivity index (χ2n) is 3.96. The van der Waals surface area contributed by atoms with E-state index in [-0.39, 0.29) is 5.56 Å². The minimum atomic E-state index is -0.964. The lowest BCUT2D eigenvalue weighted by Crippen LogP contribution is -2.03. The van der Waals surface area contributed by atoms with E-state index in [0.717, 1.165) is 19.3 Å². The number of rotatable bonds is 8. The molecule has 100 valence electrons. The predicted octanol–water partition coefficient (Wildman–Crippen LogP) is 3.35. The van der Waals surface area contributed by atoms with Crippen LogP contribution in [0, 0.1) is 0 Å². The Morgan fingerprint density at radius 3 is 2.56 bits per heavy atom. The number of aromatic carboxylic acids is 1. The fourth-order valence-corrected chi connectivity index (χ4v) is 1.56. The van der Waals surface area contributed by atoms with Crippen LogP contribution in [-0.4, -0.2) is 24.3 Å². The van der Waals surface area contributed by atoms with Crippen molar-refractivity contribution in [2.75, 3.05) is 13.2 Å². The van der Waals surface area contributed by atoms with E-state index in [9.17, 15) is 4.79 Å². The Hall–Kier alpha value is -1.71. The lowest BCUT2D eigenvalue weighted by molar-refractivity contribution is 0.0696. The summed E-state index contributed by atoms with van der Waals surface area (Å²) in [5.41, 5.74) is 0.208. The van der Waals surface area contributed by atoms with E-state index < -0.39 is 5.97 Å². The number of carboxylic acid groups (broad SMARTS) is 1. The summed E-state index contributed by atoms with van der Waals surface area (Å²) in [6.45, 7) is 5.09. The standard InChI is InChI=1S/C14H20O4/c1-3-5-6-9-18-12-8-7-11(14(15)16)10-13(12)17-4-2/h7-8,10H,3-6,9H2,1-2H3,(H,15,16). The van der Waals surface area contributed by atoms with Crippen molar-refractivity contribution < 1.29 is 19.4 Å². The first kappa shape index (κ1) is 14.4. The number of carboxylic acids is 1. The van der Waals surface area contributed by atoms with Gasteiger partial charge in [0.2, 0.25) is 0 Å². The molecule has 0 spiro atoms. The Kier molecular flexibility index (Phi) is 6.05. The molecular weight excluding hydrogens is 232 g/mol. The van der Waals surface area contributed by atoms with Gasteiger partial charge < -0.3 is 14.6 Å². The van der Waals surface area contributed by atoms with E-state index in [1.165, 1.54) is 12.1 Å². The maximum Gasteiger partial charge on any atom is 0.335 e. The lowest BCUT2D eigenvalue weighted by Gasteiger charge is -2.12. The van der Waals surface area contributed by atoms with Gasteiger partial charge in [-0.25, -0.2) is 4.79 Å². The zero-order valence-electron chi connectivity index (χ0n) is 10.9. The van der Waals surface area contributed by atoms with E-state index in [1.54, 1.807) is 6.07 Å². The third-order valence-electron chi connectivity index (χ3n) is 2.50. The van der Waals surface area contributed by atoms with E-state index in [2.05, 4.69) is 6.92 Å². The van der Waals surface area contributed by atoms with Crippen LogP contribution in [0.3, 0.4) is 0 Å². The molecule has 1 aromatic carbocycles. The average molecular weight is 252 g/mol. The van der Waals surface area contributed by atoms with Crippen molar-refractivity contribution in [3.05, 3.63) is 23.8 Å². The summed E-state index contributed by atoms with van der Waals surface area (Å²) in [5, 5.41) is 8.92. The van der Waals surface area contributed by atoms with Gasteiger partial charge in [-0.05, 0) is 31.5 Å². The first-order valence-corrected chi connectivity index (χ1v) is 6.32. The Labute approximate surface area is 108 Å². The van der Waals surface area contributed by atoms with Crippen LogP contribution in [0.2, 0.25) is 0 Å². The summed E-state index contributed by atoms with van der Waals surface area (Å²) >= 11 is 0. The molecule has 4 heteroatoms. The Bertz CT molecular complexity index is 387.